The Morgan fingerprint density at radius 3 is 2.84 bits per heavy atom. The molecule has 0 bridgehead atoms. The van der Waals surface area contributed by atoms with Crippen LogP contribution in [0, 0.1) is 0 Å². The van der Waals surface area contributed by atoms with Gasteiger partial charge in [-0.3, -0.25) is 9.59 Å². The highest BCUT2D eigenvalue weighted by Crippen LogP contribution is 2.15. The molecule has 1 aromatic heterocycles. The SMILES string of the molecule is O=C(O)CCCCc1c[nH]c2ccc(Cl)cc2c1=O. The summed E-state index contributed by atoms with van der Waals surface area (Å²) in [6.07, 6.45) is 3.66. The average Bonchev–Trinajstić information content (AvgIpc) is 2.37. The first-order valence-corrected chi connectivity index (χ1v) is 6.47. The molecule has 2 aromatic rings. The number of nitrogens with one attached hydrogen (secondary N) is 1. The minimum Gasteiger partial charge on any atom is -0.481 e. The number of benzene rings is 1. The van der Waals surface area contributed by atoms with Crippen LogP contribution in [0.1, 0.15) is 24.8 Å². The first kappa shape index (κ1) is 13.6. The Labute approximate surface area is 115 Å². The van der Waals surface area contributed by atoms with E-state index in [1.165, 1.54) is 0 Å². The van der Waals surface area contributed by atoms with Gasteiger partial charge < -0.3 is 10.1 Å². The van der Waals surface area contributed by atoms with Crippen molar-refractivity contribution in [3.05, 3.63) is 45.2 Å². The topological polar surface area (TPSA) is 70.2 Å². The van der Waals surface area contributed by atoms with Gasteiger partial charge in [-0.15, -0.1) is 0 Å². The normalized spacial score (nSPS) is 10.8. The quantitative estimate of drug-likeness (QED) is 0.827. The summed E-state index contributed by atoms with van der Waals surface area (Å²) >= 11 is 5.89. The van der Waals surface area contributed by atoms with Crippen molar-refractivity contribution >= 4 is 28.5 Å². The van der Waals surface area contributed by atoms with E-state index in [-0.39, 0.29) is 11.8 Å². The highest BCUT2D eigenvalue weighted by Gasteiger charge is 2.06. The van der Waals surface area contributed by atoms with Gasteiger partial charge in [0, 0.05) is 34.1 Å². The van der Waals surface area contributed by atoms with E-state index in [9.17, 15) is 9.59 Å². The van der Waals surface area contributed by atoms with Crippen molar-refractivity contribution in [3.63, 3.8) is 0 Å². The Hall–Kier alpha value is -1.81. The molecule has 2 N–H and O–H groups in total. The number of pyridine rings is 1. The van der Waals surface area contributed by atoms with Gasteiger partial charge in [0.2, 0.25) is 0 Å². The molecule has 0 aliphatic heterocycles. The fraction of sp³-hybridized carbons (Fsp3) is 0.286. The highest BCUT2D eigenvalue weighted by atomic mass is 35.5. The third kappa shape index (κ3) is 3.35. The van der Waals surface area contributed by atoms with Gasteiger partial charge in [-0.05, 0) is 37.5 Å². The molecule has 1 heterocycles. The number of hydrogen-bond acceptors (Lipinski definition) is 2. The third-order valence-corrected chi connectivity index (χ3v) is 3.24. The molecular formula is C14H14ClNO3. The fourth-order valence-electron chi connectivity index (χ4n) is 2.01. The highest BCUT2D eigenvalue weighted by molar-refractivity contribution is 6.31. The van der Waals surface area contributed by atoms with E-state index >= 15 is 0 Å². The molecule has 4 nitrogen and oxygen atoms in total. The second kappa shape index (κ2) is 5.89. The summed E-state index contributed by atoms with van der Waals surface area (Å²) in [5.41, 5.74) is 1.38. The zero-order chi connectivity index (χ0) is 13.8. The van der Waals surface area contributed by atoms with Gasteiger partial charge in [0.05, 0.1) is 0 Å². The van der Waals surface area contributed by atoms with Crippen molar-refractivity contribution in [2.45, 2.75) is 25.7 Å². The lowest BCUT2D eigenvalue weighted by Crippen LogP contribution is -2.10. The molecule has 0 aliphatic rings. The first-order valence-electron chi connectivity index (χ1n) is 6.09. The number of aromatic amines is 1. The van der Waals surface area contributed by atoms with Crippen molar-refractivity contribution in [2.24, 2.45) is 0 Å². The summed E-state index contributed by atoms with van der Waals surface area (Å²) in [7, 11) is 0. The number of hydrogen-bond donors (Lipinski definition) is 2. The standard InChI is InChI=1S/C14H14ClNO3/c15-10-5-6-12-11(7-10)14(19)9(8-16-12)3-1-2-4-13(17)18/h5-8H,1-4H2,(H,16,19)(H,17,18). The number of aryl methyl sites for hydroxylation is 1. The predicted octanol–water partition coefficient (Wildman–Crippen LogP) is 2.98. The summed E-state index contributed by atoms with van der Waals surface area (Å²) in [5.74, 6) is -0.806. The number of carboxylic acid groups (broad SMARTS) is 1. The van der Waals surface area contributed by atoms with Crippen LogP contribution < -0.4 is 5.43 Å². The van der Waals surface area contributed by atoms with Crippen molar-refractivity contribution < 1.29 is 9.90 Å². The van der Waals surface area contributed by atoms with Crippen LogP contribution >= 0.6 is 11.6 Å². The molecule has 1 aromatic carbocycles. The van der Waals surface area contributed by atoms with Gasteiger partial charge in [0.1, 0.15) is 0 Å². The number of H-pyrrole nitrogens is 1. The van der Waals surface area contributed by atoms with E-state index in [0.717, 1.165) is 5.52 Å². The zero-order valence-corrected chi connectivity index (χ0v) is 11.0. The average molecular weight is 280 g/mol. The third-order valence-electron chi connectivity index (χ3n) is 3.01. The maximum atomic E-state index is 12.2. The number of aromatic nitrogens is 1. The summed E-state index contributed by atoms with van der Waals surface area (Å²) in [6, 6.07) is 5.15. The lowest BCUT2D eigenvalue weighted by Gasteiger charge is -2.03. The van der Waals surface area contributed by atoms with Gasteiger partial charge >= 0.3 is 5.97 Å². The predicted molar refractivity (Wildman–Crippen MR) is 74.8 cm³/mol. The maximum absolute atomic E-state index is 12.2. The van der Waals surface area contributed by atoms with Gasteiger partial charge in [-0.1, -0.05) is 11.6 Å². The molecule has 0 amide bonds. The largest absolute Gasteiger partial charge is 0.481 e. The van der Waals surface area contributed by atoms with Crippen molar-refractivity contribution in [3.8, 4) is 0 Å². The Balaban J connectivity index is 2.18. The molecule has 0 aliphatic carbocycles. The van der Waals surface area contributed by atoms with Crippen molar-refractivity contribution in [1.29, 1.82) is 0 Å². The van der Waals surface area contributed by atoms with Crippen LogP contribution in [0.25, 0.3) is 10.9 Å². The molecule has 19 heavy (non-hydrogen) atoms. The van der Waals surface area contributed by atoms with Crippen LogP contribution in [-0.2, 0) is 11.2 Å². The molecule has 0 radical (unpaired) electrons. The van der Waals surface area contributed by atoms with Gasteiger partial charge in [-0.2, -0.15) is 0 Å². The molecule has 0 saturated heterocycles. The Morgan fingerprint density at radius 1 is 1.32 bits per heavy atom. The Morgan fingerprint density at radius 2 is 2.11 bits per heavy atom. The summed E-state index contributed by atoms with van der Waals surface area (Å²) < 4.78 is 0. The van der Waals surface area contributed by atoms with Crippen LogP contribution in [0.5, 0.6) is 0 Å². The summed E-state index contributed by atoms with van der Waals surface area (Å²) in [4.78, 5) is 25.7. The maximum Gasteiger partial charge on any atom is 0.303 e. The number of carboxylic acids is 1. The van der Waals surface area contributed by atoms with Crippen LogP contribution in [0.3, 0.4) is 0 Å². The van der Waals surface area contributed by atoms with E-state index in [4.69, 9.17) is 16.7 Å². The molecule has 0 fully saturated rings. The molecule has 100 valence electrons. The van der Waals surface area contributed by atoms with E-state index in [1.807, 2.05) is 0 Å². The zero-order valence-electron chi connectivity index (χ0n) is 10.3. The number of carbonyl (C=O) groups is 1. The summed E-state index contributed by atoms with van der Waals surface area (Å²) in [5, 5.41) is 9.66. The van der Waals surface area contributed by atoms with Crippen LogP contribution in [0.4, 0.5) is 0 Å². The number of rotatable bonds is 5. The Bertz CT molecular complexity index is 663. The Kier molecular flexibility index (Phi) is 4.22. The molecule has 0 saturated carbocycles. The van der Waals surface area contributed by atoms with Crippen LogP contribution in [0.15, 0.2) is 29.2 Å². The van der Waals surface area contributed by atoms with E-state index in [2.05, 4.69) is 4.98 Å². The van der Waals surface area contributed by atoms with Gasteiger partial charge in [0.25, 0.3) is 0 Å². The van der Waals surface area contributed by atoms with Crippen molar-refractivity contribution in [2.75, 3.05) is 0 Å². The second-order valence-electron chi connectivity index (χ2n) is 4.43. The van der Waals surface area contributed by atoms with Crippen LogP contribution in [0.2, 0.25) is 5.02 Å². The number of aliphatic carboxylic acids is 1. The summed E-state index contributed by atoms with van der Waals surface area (Å²) in [6.45, 7) is 0. The lowest BCUT2D eigenvalue weighted by atomic mass is 10.1. The van der Waals surface area contributed by atoms with Gasteiger partial charge in [0.15, 0.2) is 5.43 Å². The molecular weight excluding hydrogens is 266 g/mol. The second-order valence-corrected chi connectivity index (χ2v) is 4.87. The monoisotopic (exact) mass is 279 g/mol. The number of halogens is 1. The van der Waals surface area contributed by atoms with E-state index in [1.54, 1.807) is 24.4 Å². The number of fused-ring (bicyclic) bond motifs is 1. The minimum absolute atomic E-state index is 0.0356. The smallest absolute Gasteiger partial charge is 0.303 e. The fourth-order valence-corrected chi connectivity index (χ4v) is 2.18. The molecule has 0 unspecified atom stereocenters. The molecule has 5 heteroatoms. The molecule has 0 atom stereocenters. The number of unbranched alkanes of at least 4 members (excludes halogenated alkanes) is 1. The van der Waals surface area contributed by atoms with E-state index < -0.39 is 5.97 Å². The molecule has 0 spiro atoms. The van der Waals surface area contributed by atoms with Crippen LogP contribution in [-0.4, -0.2) is 16.1 Å². The molecule has 2 rings (SSSR count). The van der Waals surface area contributed by atoms with Crippen molar-refractivity contribution in [1.82, 2.24) is 4.98 Å². The minimum atomic E-state index is -0.806. The first-order chi connectivity index (χ1) is 9.08. The lowest BCUT2D eigenvalue weighted by molar-refractivity contribution is -0.137. The van der Waals surface area contributed by atoms with E-state index in [0.29, 0.717) is 35.2 Å². The van der Waals surface area contributed by atoms with Gasteiger partial charge in [-0.25, -0.2) is 0 Å².